The van der Waals surface area contributed by atoms with E-state index < -0.39 is 0 Å². The average molecular weight is 261 g/mol. The Bertz CT molecular complexity index is 348. The van der Waals surface area contributed by atoms with Crippen molar-refractivity contribution in [1.29, 1.82) is 0 Å². The lowest BCUT2D eigenvalue weighted by molar-refractivity contribution is -0.122. The molecule has 1 aromatic heterocycles. The second-order valence-corrected chi connectivity index (χ2v) is 5.25. The molecule has 1 aliphatic heterocycles. The van der Waals surface area contributed by atoms with Gasteiger partial charge in [0.1, 0.15) is 0 Å². The molecule has 0 aliphatic carbocycles. The molecular formula is C11H17ClN2OS. The Morgan fingerprint density at radius 2 is 2.44 bits per heavy atom. The number of hydrogen-bond donors (Lipinski definition) is 2. The molecule has 1 aliphatic rings. The largest absolute Gasteiger partial charge is 0.350 e. The standard InChI is InChI=1S/C11H16N2OS.ClH/c1-8-4-5-9(15-8)7-13-11(14)10-3-2-6-12-10;/h4-5,10,12H,2-3,6-7H2,1H3,(H,13,14);1H/t10-;/m0./s1. The van der Waals surface area contributed by atoms with Crippen molar-refractivity contribution in [1.82, 2.24) is 10.6 Å². The topological polar surface area (TPSA) is 41.1 Å². The Morgan fingerprint density at radius 1 is 1.62 bits per heavy atom. The third-order valence-corrected chi connectivity index (χ3v) is 3.61. The zero-order valence-corrected chi connectivity index (χ0v) is 10.9. The van der Waals surface area contributed by atoms with Gasteiger partial charge >= 0.3 is 0 Å². The van der Waals surface area contributed by atoms with Gasteiger partial charge in [-0.1, -0.05) is 0 Å². The summed E-state index contributed by atoms with van der Waals surface area (Å²) in [6.45, 7) is 3.71. The maximum Gasteiger partial charge on any atom is 0.237 e. The van der Waals surface area contributed by atoms with Crippen molar-refractivity contribution in [3.8, 4) is 0 Å². The molecule has 2 heterocycles. The summed E-state index contributed by atoms with van der Waals surface area (Å²) in [7, 11) is 0. The summed E-state index contributed by atoms with van der Waals surface area (Å²) in [4.78, 5) is 14.2. The third-order valence-electron chi connectivity index (χ3n) is 2.61. The molecule has 1 fully saturated rings. The Kier molecular flexibility index (Phi) is 5.25. The molecular weight excluding hydrogens is 244 g/mol. The maximum absolute atomic E-state index is 11.7. The van der Waals surface area contributed by atoms with Crippen molar-refractivity contribution < 1.29 is 4.79 Å². The van der Waals surface area contributed by atoms with Gasteiger partial charge in [0.2, 0.25) is 5.91 Å². The highest BCUT2D eigenvalue weighted by Crippen LogP contribution is 2.14. The highest BCUT2D eigenvalue weighted by molar-refractivity contribution is 7.11. The number of carbonyl (C=O) groups is 1. The minimum atomic E-state index is 0. The van der Waals surface area contributed by atoms with Crippen molar-refractivity contribution in [3.63, 3.8) is 0 Å². The zero-order chi connectivity index (χ0) is 10.7. The van der Waals surface area contributed by atoms with Gasteiger partial charge in [0.25, 0.3) is 0 Å². The molecule has 1 saturated heterocycles. The summed E-state index contributed by atoms with van der Waals surface area (Å²) in [6.07, 6.45) is 2.07. The Hall–Kier alpha value is -0.580. The first kappa shape index (κ1) is 13.5. The Morgan fingerprint density at radius 3 is 3.00 bits per heavy atom. The predicted octanol–water partition coefficient (Wildman–Crippen LogP) is 1.85. The average Bonchev–Trinajstić information content (AvgIpc) is 2.84. The smallest absolute Gasteiger partial charge is 0.237 e. The van der Waals surface area contributed by atoms with E-state index in [9.17, 15) is 4.79 Å². The first-order chi connectivity index (χ1) is 7.25. The fourth-order valence-corrected chi connectivity index (χ4v) is 2.62. The molecule has 2 N–H and O–H groups in total. The fraction of sp³-hybridized carbons (Fsp3) is 0.545. The molecule has 5 heteroatoms. The van der Waals surface area contributed by atoms with Gasteiger partial charge in [-0.3, -0.25) is 4.79 Å². The number of rotatable bonds is 3. The molecule has 1 amide bonds. The molecule has 0 spiro atoms. The van der Waals surface area contributed by atoms with Crippen LogP contribution in [0.15, 0.2) is 12.1 Å². The quantitative estimate of drug-likeness (QED) is 0.871. The van der Waals surface area contributed by atoms with Crippen LogP contribution in [0.4, 0.5) is 0 Å². The molecule has 3 nitrogen and oxygen atoms in total. The van der Waals surface area contributed by atoms with Gasteiger partial charge in [-0.2, -0.15) is 0 Å². The Labute approximate surface area is 106 Å². The summed E-state index contributed by atoms with van der Waals surface area (Å²) in [5, 5.41) is 6.15. The van der Waals surface area contributed by atoms with Crippen molar-refractivity contribution >= 4 is 29.7 Å². The van der Waals surface area contributed by atoms with Gasteiger partial charge < -0.3 is 10.6 Å². The molecule has 2 rings (SSSR count). The normalized spacial score (nSPS) is 19.2. The number of carbonyl (C=O) groups excluding carboxylic acids is 1. The highest BCUT2D eigenvalue weighted by atomic mass is 35.5. The van der Waals surface area contributed by atoms with Gasteiger partial charge in [0, 0.05) is 9.75 Å². The van der Waals surface area contributed by atoms with E-state index in [1.54, 1.807) is 11.3 Å². The summed E-state index contributed by atoms with van der Waals surface area (Å²) >= 11 is 1.74. The molecule has 0 bridgehead atoms. The second-order valence-electron chi connectivity index (χ2n) is 3.88. The lowest BCUT2D eigenvalue weighted by Crippen LogP contribution is -2.39. The van der Waals surface area contributed by atoms with Crippen molar-refractivity contribution in [2.45, 2.75) is 32.4 Å². The summed E-state index contributed by atoms with van der Waals surface area (Å²) in [6, 6.07) is 4.19. The third kappa shape index (κ3) is 3.47. The van der Waals surface area contributed by atoms with E-state index in [1.165, 1.54) is 9.75 Å². The molecule has 0 saturated carbocycles. The molecule has 16 heavy (non-hydrogen) atoms. The SMILES string of the molecule is Cc1ccc(CNC(=O)[C@@H]2CCCN2)s1.Cl. The van der Waals surface area contributed by atoms with Crippen LogP contribution in [0.2, 0.25) is 0 Å². The van der Waals surface area contributed by atoms with Gasteiger partial charge in [-0.25, -0.2) is 0 Å². The van der Waals surface area contributed by atoms with E-state index in [1.807, 2.05) is 0 Å². The van der Waals surface area contributed by atoms with Crippen molar-refractivity contribution in [2.24, 2.45) is 0 Å². The lowest BCUT2D eigenvalue weighted by atomic mass is 10.2. The van der Waals surface area contributed by atoms with Crippen LogP contribution in [0, 0.1) is 6.92 Å². The predicted molar refractivity (Wildman–Crippen MR) is 69.2 cm³/mol. The summed E-state index contributed by atoms with van der Waals surface area (Å²) in [5.41, 5.74) is 0. The minimum absolute atomic E-state index is 0. The molecule has 1 aromatic rings. The lowest BCUT2D eigenvalue weighted by Gasteiger charge is -2.09. The summed E-state index contributed by atoms with van der Waals surface area (Å²) in [5.74, 6) is 0.138. The van der Waals surface area contributed by atoms with E-state index in [0.717, 1.165) is 19.4 Å². The monoisotopic (exact) mass is 260 g/mol. The number of nitrogens with one attached hydrogen (secondary N) is 2. The number of amides is 1. The molecule has 0 radical (unpaired) electrons. The molecule has 0 unspecified atom stereocenters. The van der Waals surface area contributed by atoms with Crippen LogP contribution in [0.3, 0.4) is 0 Å². The fourth-order valence-electron chi connectivity index (χ4n) is 1.79. The van der Waals surface area contributed by atoms with Crippen LogP contribution in [0.1, 0.15) is 22.6 Å². The van der Waals surface area contributed by atoms with Gasteiger partial charge in [0.05, 0.1) is 12.6 Å². The van der Waals surface area contributed by atoms with Crippen molar-refractivity contribution in [3.05, 3.63) is 21.9 Å². The number of thiophene rings is 1. The zero-order valence-electron chi connectivity index (χ0n) is 9.29. The van der Waals surface area contributed by atoms with Crippen molar-refractivity contribution in [2.75, 3.05) is 6.54 Å². The van der Waals surface area contributed by atoms with Crippen LogP contribution in [0.25, 0.3) is 0 Å². The molecule has 0 aromatic carbocycles. The number of halogens is 1. The van der Waals surface area contributed by atoms with E-state index in [2.05, 4.69) is 29.7 Å². The maximum atomic E-state index is 11.7. The van der Waals surface area contributed by atoms with Gasteiger partial charge in [0.15, 0.2) is 0 Å². The van der Waals surface area contributed by atoms with E-state index in [4.69, 9.17) is 0 Å². The van der Waals surface area contributed by atoms with Crippen LogP contribution in [-0.4, -0.2) is 18.5 Å². The van der Waals surface area contributed by atoms with Gasteiger partial charge in [-0.15, -0.1) is 23.7 Å². The Balaban J connectivity index is 0.00000128. The van der Waals surface area contributed by atoms with Crippen LogP contribution < -0.4 is 10.6 Å². The van der Waals surface area contributed by atoms with E-state index in [-0.39, 0.29) is 24.4 Å². The molecule has 90 valence electrons. The molecule has 1 atom stereocenters. The first-order valence-electron chi connectivity index (χ1n) is 5.32. The minimum Gasteiger partial charge on any atom is -0.350 e. The summed E-state index contributed by atoms with van der Waals surface area (Å²) < 4.78 is 0. The number of aryl methyl sites for hydroxylation is 1. The van der Waals surface area contributed by atoms with Crippen LogP contribution >= 0.6 is 23.7 Å². The number of hydrogen-bond acceptors (Lipinski definition) is 3. The van der Waals surface area contributed by atoms with E-state index >= 15 is 0 Å². The second kappa shape index (κ2) is 6.23. The van der Waals surface area contributed by atoms with Gasteiger partial charge in [-0.05, 0) is 38.4 Å². The highest BCUT2D eigenvalue weighted by Gasteiger charge is 2.21. The van der Waals surface area contributed by atoms with Crippen LogP contribution in [-0.2, 0) is 11.3 Å². The first-order valence-corrected chi connectivity index (χ1v) is 6.14. The van der Waals surface area contributed by atoms with Crippen LogP contribution in [0.5, 0.6) is 0 Å². The van der Waals surface area contributed by atoms with E-state index in [0.29, 0.717) is 6.54 Å².